The minimum Gasteiger partial charge on any atom is -0.338 e. The van der Waals surface area contributed by atoms with Crippen molar-refractivity contribution in [1.82, 2.24) is 0 Å². The highest BCUT2D eigenvalue weighted by Crippen LogP contribution is 2.55. The molecule has 2 nitrogen and oxygen atoms in total. The maximum Gasteiger partial charge on any atom is 0.0449 e. The molecule has 0 saturated heterocycles. The molecule has 0 spiro atoms. The van der Waals surface area contributed by atoms with Crippen molar-refractivity contribution in [3.63, 3.8) is 0 Å². The van der Waals surface area contributed by atoms with Crippen LogP contribution in [0, 0.1) is 23.7 Å². The summed E-state index contributed by atoms with van der Waals surface area (Å²) in [7, 11) is 0. The second kappa shape index (κ2) is 13.6. The van der Waals surface area contributed by atoms with Crippen molar-refractivity contribution in [2.24, 2.45) is 0 Å². The molecule has 278 valence electrons. The molecule has 2 fully saturated rings. The maximum absolute atomic E-state index is 3.48. The molecule has 6 aromatic carbocycles. The zero-order valence-corrected chi connectivity index (χ0v) is 33.1. The Morgan fingerprint density at radius 2 is 0.860 bits per heavy atom. The van der Waals surface area contributed by atoms with Gasteiger partial charge in [0.2, 0.25) is 0 Å². The maximum atomic E-state index is 3.48. The number of benzene rings is 6. The average Bonchev–Trinajstić information content (AvgIpc) is 3.86. The molecule has 57 heavy (non-hydrogen) atoms. The molecule has 2 heteroatoms. The van der Waals surface area contributed by atoms with Gasteiger partial charge in [0.1, 0.15) is 0 Å². The Labute approximate surface area is 338 Å². The van der Waals surface area contributed by atoms with Crippen LogP contribution in [0.4, 0.5) is 22.7 Å². The molecule has 0 bridgehead atoms. The molecule has 4 atom stereocenters. The second-order valence-corrected chi connectivity index (χ2v) is 17.5. The van der Waals surface area contributed by atoms with E-state index in [1.165, 1.54) is 102 Å². The van der Waals surface area contributed by atoms with Gasteiger partial charge in [-0.3, -0.25) is 0 Å². The van der Waals surface area contributed by atoms with Gasteiger partial charge in [0, 0.05) is 74.3 Å². The molecular weight excluding hydrogens is 689 g/mol. The fraction of sp³-hybridized carbons (Fsp3) is 0.273. The monoisotopic (exact) mass is 736 g/mol. The van der Waals surface area contributed by atoms with E-state index in [0.29, 0.717) is 23.9 Å². The van der Waals surface area contributed by atoms with Gasteiger partial charge < -0.3 is 9.80 Å². The quantitative estimate of drug-likeness (QED) is 0.163. The molecule has 5 aliphatic rings. The third-order valence-electron chi connectivity index (χ3n) is 14.0. The standard InChI is InChI=1S/C55H48N2/c1-55(2)49-35-40(29-33-43(49)44-34-32-42(36-50(44)55)57-53-17-9-5-13-47(53)48-14-6-10-18-54(48)57)26-25-38-21-19-37(20-22-38)23-24-39-27-30-41(31-28-39)56-51-15-7-3-11-45(51)46-12-4-8-16-52(46)56/h3,5,7,9,11,13,15,17,19-22,27-36,46,48,52,54H,4,6,8,10,12,14,16,18H2,1-2H3. The number of hydrogen-bond donors (Lipinski definition) is 0. The lowest BCUT2D eigenvalue weighted by atomic mass is 9.81. The van der Waals surface area contributed by atoms with Crippen LogP contribution in [0.25, 0.3) is 11.1 Å². The SMILES string of the molecule is CC1(C)c2cc(C#Cc3ccc(C#Cc4ccc(N5c6ccccc6C6CCCCC65)cc4)cc3)ccc2-c2ccc(N3c4ccccc4C4CCCCC43)cc21. The summed E-state index contributed by atoms with van der Waals surface area (Å²) in [4.78, 5) is 5.26. The molecule has 2 saturated carbocycles. The fourth-order valence-electron chi connectivity index (χ4n) is 11.2. The zero-order valence-electron chi connectivity index (χ0n) is 33.1. The Hall–Kier alpha value is -5.96. The smallest absolute Gasteiger partial charge is 0.0449 e. The van der Waals surface area contributed by atoms with Crippen molar-refractivity contribution in [3.8, 4) is 34.8 Å². The molecule has 6 aromatic rings. The molecule has 2 aliphatic heterocycles. The summed E-state index contributed by atoms with van der Waals surface area (Å²) in [5, 5.41) is 0. The van der Waals surface area contributed by atoms with Crippen molar-refractivity contribution in [2.45, 2.75) is 94.5 Å². The van der Waals surface area contributed by atoms with Gasteiger partial charge in [-0.05, 0) is 144 Å². The summed E-state index contributed by atoms with van der Waals surface area (Å²) in [6.07, 6.45) is 10.4. The summed E-state index contributed by atoms with van der Waals surface area (Å²) in [6, 6.07) is 50.5. The third kappa shape index (κ3) is 5.72. The highest BCUT2D eigenvalue weighted by atomic mass is 15.2. The topological polar surface area (TPSA) is 6.48 Å². The lowest BCUT2D eigenvalue weighted by Gasteiger charge is -2.34. The first-order chi connectivity index (χ1) is 28.0. The van der Waals surface area contributed by atoms with Crippen molar-refractivity contribution in [3.05, 3.63) is 178 Å². The third-order valence-corrected chi connectivity index (χ3v) is 14.0. The molecule has 3 aliphatic carbocycles. The van der Waals surface area contributed by atoms with Crippen LogP contribution in [-0.2, 0) is 5.41 Å². The lowest BCUT2D eigenvalue weighted by molar-refractivity contribution is 0.402. The van der Waals surface area contributed by atoms with Gasteiger partial charge in [-0.2, -0.15) is 0 Å². The Balaban J connectivity index is 0.795. The molecule has 11 rings (SSSR count). The predicted octanol–water partition coefficient (Wildman–Crippen LogP) is 13.1. The van der Waals surface area contributed by atoms with Gasteiger partial charge in [-0.1, -0.05) is 112 Å². The molecule has 0 N–H and O–H groups in total. The minimum atomic E-state index is -0.109. The summed E-state index contributed by atoms with van der Waals surface area (Å²) in [6.45, 7) is 4.76. The molecular formula is C55H48N2. The molecule has 0 aromatic heterocycles. The summed E-state index contributed by atoms with van der Waals surface area (Å²) < 4.78 is 0. The Morgan fingerprint density at radius 3 is 1.44 bits per heavy atom. The van der Waals surface area contributed by atoms with Crippen LogP contribution < -0.4 is 9.80 Å². The average molecular weight is 737 g/mol. The van der Waals surface area contributed by atoms with Gasteiger partial charge >= 0.3 is 0 Å². The van der Waals surface area contributed by atoms with E-state index in [9.17, 15) is 0 Å². The summed E-state index contributed by atoms with van der Waals surface area (Å²) in [5.41, 5.74) is 17.9. The first kappa shape index (κ1) is 34.3. The number of hydrogen-bond acceptors (Lipinski definition) is 2. The molecule has 4 unspecified atom stereocenters. The van der Waals surface area contributed by atoms with Gasteiger partial charge in [-0.15, -0.1) is 0 Å². The number of rotatable bonds is 2. The van der Waals surface area contributed by atoms with E-state index in [2.05, 4.69) is 181 Å². The van der Waals surface area contributed by atoms with Crippen molar-refractivity contribution in [2.75, 3.05) is 9.80 Å². The fourth-order valence-corrected chi connectivity index (χ4v) is 11.2. The zero-order chi connectivity index (χ0) is 38.1. The van der Waals surface area contributed by atoms with Gasteiger partial charge in [0.15, 0.2) is 0 Å². The van der Waals surface area contributed by atoms with Crippen LogP contribution in [0.3, 0.4) is 0 Å². The molecule has 0 radical (unpaired) electrons. The number of fused-ring (bicyclic) bond motifs is 9. The van der Waals surface area contributed by atoms with E-state index in [-0.39, 0.29) is 5.41 Å². The number of para-hydroxylation sites is 2. The van der Waals surface area contributed by atoms with Crippen LogP contribution in [0.15, 0.2) is 133 Å². The van der Waals surface area contributed by atoms with E-state index in [4.69, 9.17) is 0 Å². The Bertz CT molecular complexity index is 2660. The van der Waals surface area contributed by atoms with E-state index in [1.807, 2.05) is 0 Å². The minimum absolute atomic E-state index is 0.109. The number of anilines is 4. The van der Waals surface area contributed by atoms with Crippen molar-refractivity contribution < 1.29 is 0 Å². The normalized spacial score (nSPS) is 21.8. The van der Waals surface area contributed by atoms with E-state index >= 15 is 0 Å². The van der Waals surface area contributed by atoms with E-state index < -0.39 is 0 Å². The largest absolute Gasteiger partial charge is 0.338 e. The van der Waals surface area contributed by atoms with Crippen LogP contribution in [0.5, 0.6) is 0 Å². The highest BCUT2D eigenvalue weighted by Gasteiger charge is 2.42. The predicted molar refractivity (Wildman–Crippen MR) is 236 cm³/mol. The summed E-state index contributed by atoms with van der Waals surface area (Å²) >= 11 is 0. The van der Waals surface area contributed by atoms with Crippen molar-refractivity contribution in [1.29, 1.82) is 0 Å². The first-order valence-corrected chi connectivity index (χ1v) is 21.3. The Kier molecular flexibility index (Phi) is 8.19. The first-order valence-electron chi connectivity index (χ1n) is 21.3. The Morgan fingerprint density at radius 1 is 0.439 bits per heavy atom. The van der Waals surface area contributed by atoms with Crippen LogP contribution in [-0.4, -0.2) is 12.1 Å². The van der Waals surface area contributed by atoms with Crippen LogP contribution >= 0.6 is 0 Å². The second-order valence-electron chi connectivity index (χ2n) is 17.5. The van der Waals surface area contributed by atoms with E-state index in [0.717, 1.165) is 22.3 Å². The highest BCUT2D eigenvalue weighted by molar-refractivity contribution is 5.85. The number of nitrogens with zero attached hydrogens (tertiary/aromatic N) is 2. The van der Waals surface area contributed by atoms with Gasteiger partial charge in [-0.25, -0.2) is 0 Å². The van der Waals surface area contributed by atoms with Crippen LogP contribution in [0.2, 0.25) is 0 Å². The van der Waals surface area contributed by atoms with Gasteiger partial charge in [0.05, 0.1) is 0 Å². The van der Waals surface area contributed by atoms with Crippen molar-refractivity contribution >= 4 is 22.7 Å². The lowest BCUT2D eigenvalue weighted by Crippen LogP contribution is -2.32. The summed E-state index contributed by atoms with van der Waals surface area (Å²) in [5.74, 6) is 15.0. The molecule has 2 heterocycles. The van der Waals surface area contributed by atoms with Gasteiger partial charge in [0.25, 0.3) is 0 Å². The van der Waals surface area contributed by atoms with E-state index in [1.54, 1.807) is 5.56 Å². The van der Waals surface area contributed by atoms with Crippen LogP contribution in [0.1, 0.15) is 122 Å². The molecule has 0 amide bonds.